The largest absolute Gasteiger partial charge is 0.484 e. The molecular formula is C25H29NO2. The maximum absolute atomic E-state index is 12.3. The number of benzene rings is 2. The van der Waals surface area contributed by atoms with Gasteiger partial charge in [-0.15, -0.1) is 0 Å². The summed E-state index contributed by atoms with van der Waals surface area (Å²) in [5, 5.41) is 3.02. The first kappa shape index (κ1) is 17.8. The van der Waals surface area contributed by atoms with Crippen molar-refractivity contribution in [3.05, 3.63) is 59.7 Å². The van der Waals surface area contributed by atoms with Crippen molar-refractivity contribution in [2.45, 2.75) is 50.9 Å². The van der Waals surface area contributed by atoms with E-state index < -0.39 is 0 Å². The Kier molecular flexibility index (Phi) is 4.41. The van der Waals surface area contributed by atoms with E-state index in [1.807, 2.05) is 30.3 Å². The molecular weight excluding hydrogens is 346 g/mol. The number of para-hydroxylation sites is 1. The summed E-state index contributed by atoms with van der Waals surface area (Å²) in [5.74, 6) is 3.43. The average Bonchev–Trinajstić information content (AvgIpc) is 2.68. The molecule has 0 aromatic heterocycles. The van der Waals surface area contributed by atoms with E-state index in [0.717, 1.165) is 29.0 Å². The molecule has 3 heteroatoms. The van der Waals surface area contributed by atoms with Gasteiger partial charge in [0.2, 0.25) is 0 Å². The van der Waals surface area contributed by atoms with Gasteiger partial charge in [-0.2, -0.15) is 0 Å². The molecule has 0 radical (unpaired) electrons. The van der Waals surface area contributed by atoms with Crippen molar-refractivity contribution >= 4 is 11.6 Å². The molecule has 4 saturated carbocycles. The van der Waals surface area contributed by atoms with E-state index in [-0.39, 0.29) is 12.5 Å². The molecule has 4 fully saturated rings. The topological polar surface area (TPSA) is 38.3 Å². The van der Waals surface area contributed by atoms with Crippen LogP contribution in [0.2, 0.25) is 0 Å². The van der Waals surface area contributed by atoms with Crippen molar-refractivity contribution in [1.29, 1.82) is 0 Å². The first-order valence-electron chi connectivity index (χ1n) is 10.7. The Morgan fingerprint density at radius 3 is 2.25 bits per heavy atom. The predicted octanol–water partition coefficient (Wildman–Crippen LogP) is 5.48. The fourth-order valence-electron chi connectivity index (χ4n) is 6.45. The number of hydrogen-bond donors (Lipinski definition) is 1. The molecule has 0 saturated heterocycles. The minimum absolute atomic E-state index is 0.0280. The standard InChI is InChI=1S/C25H29NO2/c1-17-9-21(25-13-18-10-19(14-25)12-20(11-18)15-25)7-8-23(17)26-24(27)16-28-22-5-3-2-4-6-22/h2-9,18-20H,10-16H2,1H3,(H,26,27). The van der Waals surface area contributed by atoms with Crippen molar-refractivity contribution in [1.82, 2.24) is 0 Å². The highest BCUT2D eigenvalue weighted by Crippen LogP contribution is 2.60. The minimum Gasteiger partial charge on any atom is -0.484 e. The number of hydrogen-bond acceptors (Lipinski definition) is 2. The molecule has 0 spiro atoms. The average molecular weight is 376 g/mol. The highest BCUT2D eigenvalue weighted by molar-refractivity contribution is 5.92. The third-order valence-electron chi connectivity index (χ3n) is 7.26. The molecule has 3 nitrogen and oxygen atoms in total. The van der Waals surface area contributed by atoms with E-state index >= 15 is 0 Å². The zero-order valence-electron chi connectivity index (χ0n) is 16.6. The first-order valence-corrected chi connectivity index (χ1v) is 10.7. The van der Waals surface area contributed by atoms with Gasteiger partial charge in [0, 0.05) is 5.69 Å². The van der Waals surface area contributed by atoms with Crippen LogP contribution in [0, 0.1) is 24.7 Å². The van der Waals surface area contributed by atoms with Gasteiger partial charge in [0.15, 0.2) is 6.61 Å². The molecule has 2 aromatic carbocycles. The quantitative estimate of drug-likeness (QED) is 0.751. The van der Waals surface area contributed by atoms with Crippen LogP contribution < -0.4 is 10.1 Å². The maximum Gasteiger partial charge on any atom is 0.262 e. The minimum atomic E-state index is -0.116. The van der Waals surface area contributed by atoms with Gasteiger partial charge in [-0.3, -0.25) is 4.79 Å². The Morgan fingerprint density at radius 2 is 1.64 bits per heavy atom. The Hall–Kier alpha value is -2.29. The lowest BCUT2D eigenvalue weighted by Crippen LogP contribution is -2.48. The summed E-state index contributed by atoms with van der Waals surface area (Å²) >= 11 is 0. The second-order valence-electron chi connectivity index (χ2n) is 9.38. The van der Waals surface area contributed by atoms with Crippen LogP contribution in [-0.4, -0.2) is 12.5 Å². The fraction of sp³-hybridized carbons (Fsp3) is 0.480. The zero-order chi connectivity index (χ0) is 19.1. The number of carbonyl (C=O) groups excluding carboxylic acids is 1. The van der Waals surface area contributed by atoms with Crippen LogP contribution in [0.4, 0.5) is 5.69 Å². The number of rotatable bonds is 5. The lowest BCUT2D eigenvalue weighted by molar-refractivity contribution is -0.118. The number of amides is 1. The van der Waals surface area contributed by atoms with Gasteiger partial charge >= 0.3 is 0 Å². The van der Waals surface area contributed by atoms with E-state index in [2.05, 4.69) is 30.4 Å². The molecule has 6 rings (SSSR count). The number of nitrogens with one attached hydrogen (secondary N) is 1. The Morgan fingerprint density at radius 1 is 1.00 bits per heavy atom. The van der Waals surface area contributed by atoms with Crippen molar-refractivity contribution in [3.63, 3.8) is 0 Å². The van der Waals surface area contributed by atoms with Crippen molar-refractivity contribution in [3.8, 4) is 5.75 Å². The van der Waals surface area contributed by atoms with E-state index in [0.29, 0.717) is 11.2 Å². The van der Waals surface area contributed by atoms with Gasteiger partial charge in [0.25, 0.3) is 5.91 Å². The summed E-state index contributed by atoms with van der Waals surface area (Å²) in [4.78, 5) is 12.3. The monoisotopic (exact) mass is 375 g/mol. The van der Waals surface area contributed by atoms with Crippen LogP contribution in [0.5, 0.6) is 5.75 Å². The third-order valence-corrected chi connectivity index (χ3v) is 7.26. The van der Waals surface area contributed by atoms with Crippen LogP contribution >= 0.6 is 0 Å². The van der Waals surface area contributed by atoms with Gasteiger partial charge < -0.3 is 10.1 Å². The first-order chi connectivity index (χ1) is 13.6. The third kappa shape index (κ3) is 3.32. The molecule has 28 heavy (non-hydrogen) atoms. The smallest absolute Gasteiger partial charge is 0.262 e. The fourth-order valence-corrected chi connectivity index (χ4v) is 6.45. The molecule has 0 aliphatic heterocycles. The van der Waals surface area contributed by atoms with Gasteiger partial charge in [-0.1, -0.05) is 30.3 Å². The van der Waals surface area contributed by atoms with Gasteiger partial charge in [0.05, 0.1) is 0 Å². The Balaban J connectivity index is 1.27. The lowest BCUT2D eigenvalue weighted by atomic mass is 9.48. The molecule has 1 amide bonds. The summed E-state index contributed by atoms with van der Waals surface area (Å²) in [6, 6.07) is 16.2. The Bertz CT molecular complexity index is 838. The summed E-state index contributed by atoms with van der Waals surface area (Å²) in [6.45, 7) is 2.14. The van der Waals surface area contributed by atoms with Crippen LogP contribution in [0.25, 0.3) is 0 Å². The SMILES string of the molecule is Cc1cc(C23CC4CC(CC(C4)C2)C3)ccc1NC(=O)COc1ccccc1. The highest BCUT2D eigenvalue weighted by atomic mass is 16.5. The number of aryl methyl sites for hydroxylation is 1. The van der Waals surface area contributed by atoms with Crippen LogP contribution in [-0.2, 0) is 10.2 Å². The van der Waals surface area contributed by atoms with E-state index in [4.69, 9.17) is 4.74 Å². The molecule has 2 aromatic rings. The van der Waals surface area contributed by atoms with Gasteiger partial charge in [0.1, 0.15) is 5.75 Å². The van der Waals surface area contributed by atoms with E-state index in [1.165, 1.54) is 44.1 Å². The molecule has 0 heterocycles. The summed E-state index contributed by atoms with van der Waals surface area (Å²) in [5.41, 5.74) is 3.96. The number of ether oxygens (including phenoxy) is 1. The zero-order valence-corrected chi connectivity index (χ0v) is 16.6. The lowest BCUT2D eigenvalue weighted by Gasteiger charge is -2.57. The van der Waals surface area contributed by atoms with E-state index in [9.17, 15) is 4.79 Å². The molecule has 146 valence electrons. The van der Waals surface area contributed by atoms with Crippen molar-refractivity contribution < 1.29 is 9.53 Å². The van der Waals surface area contributed by atoms with Crippen LogP contribution in [0.3, 0.4) is 0 Å². The molecule has 0 unspecified atom stereocenters. The number of carbonyl (C=O) groups is 1. The molecule has 4 aliphatic rings. The van der Waals surface area contributed by atoms with Gasteiger partial charge in [-0.25, -0.2) is 0 Å². The molecule has 4 aliphatic carbocycles. The second kappa shape index (κ2) is 6.95. The predicted molar refractivity (Wildman–Crippen MR) is 112 cm³/mol. The van der Waals surface area contributed by atoms with Gasteiger partial charge in [-0.05, 0) is 97.9 Å². The van der Waals surface area contributed by atoms with Crippen molar-refractivity contribution in [2.24, 2.45) is 17.8 Å². The Labute approximate surface area is 167 Å². The highest BCUT2D eigenvalue weighted by Gasteiger charge is 2.51. The normalized spacial score (nSPS) is 30.2. The van der Waals surface area contributed by atoms with Crippen molar-refractivity contribution in [2.75, 3.05) is 11.9 Å². The molecule has 4 bridgehead atoms. The van der Waals surface area contributed by atoms with Crippen LogP contribution in [0.15, 0.2) is 48.5 Å². The summed E-state index contributed by atoms with van der Waals surface area (Å²) < 4.78 is 5.56. The molecule has 0 atom stereocenters. The summed E-state index contributed by atoms with van der Waals surface area (Å²) in [7, 11) is 0. The molecule has 1 N–H and O–H groups in total. The second-order valence-corrected chi connectivity index (χ2v) is 9.38. The summed E-state index contributed by atoms with van der Waals surface area (Å²) in [6.07, 6.45) is 8.51. The van der Waals surface area contributed by atoms with E-state index in [1.54, 1.807) is 0 Å². The number of anilines is 1. The van der Waals surface area contributed by atoms with Crippen LogP contribution in [0.1, 0.15) is 49.7 Å². The maximum atomic E-state index is 12.3.